The van der Waals surface area contributed by atoms with Crippen molar-refractivity contribution in [2.45, 2.75) is 6.61 Å². The Labute approximate surface area is 125 Å². The lowest BCUT2D eigenvalue weighted by Gasteiger charge is -2.17. The minimum atomic E-state index is -0.0300. The zero-order valence-electron chi connectivity index (χ0n) is 11.2. The molecule has 4 radical (unpaired) electrons. The van der Waals surface area contributed by atoms with E-state index in [1.54, 1.807) is 6.07 Å². The van der Waals surface area contributed by atoms with E-state index in [1.165, 1.54) is 12.3 Å². The first-order valence-electron chi connectivity index (χ1n) is 6.39. The summed E-state index contributed by atoms with van der Waals surface area (Å²) < 4.78 is 10.6. The van der Waals surface area contributed by atoms with Gasteiger partial charge in [0.05, 0.1) is 12.3 Å². The van der Waals surface area contributed by atoms with Gasteiger partial charge in [0.25, 0.3) is 0 Å². The molecule has 0 unspecified atom stereocenters. The zero-order valence-corrected chi connectivity index (χ0v) is 11.2. The Morgan fingerprint density at radius 1 is 1.19 bits per heavy atom. The average Bonchev–Trinajstić information content (AvgIpc) is 2.49. The van der Waals surface area contributed by atoms with Gasteiger partial charge in [-0.15, -0.1) is 0 Å². The van der Waals surface area contributed by atoms with Crippen LogP contribution < -0.4 is 15.7 Å². The van der Waals surface area contributed by atoms with Crippen LogP contribution in [0.5, 0.6) is 11.5 Å². The molecule has 1 N–H and O–H groups in total. The molecule has 0 fully saturated rings. The van der Waals surface area contributed by atoms with E-state index in [1.807, 2.05) is 18.2 Å². The van der Waals surface area contributed by atoms with Crippen LogP contribution in [0.1, 0.15) is 11.1 Å². The van der Waals surface area contributed by atoms with Crippen molar-refractivity contribution >= 4 is 38.5 Å². The molecule has 4 nitrogen and oxygen atoms in total. The smallest absolute Gasteiger partial charge is 0.189 e. The van der Waals surface area contributed by atoms with Crippen LogP contribution in [0.3, 0.4) is 0 Å². The molecule has 0 saturated heterocycles. The second kappa shape index (κ2) is 5.66. The first-order valence-corrected chi connectivity index (χ1v) is 6.39. The Morgan fingerprint density at radius 3 is 2.90 bits per heavy atom. The molecule has 6 heteroatoms. The maximum absolute atomic E-state index is 9.88. The van der Waals surface area contributed by atoms with E-state index >= 15 is 0 Å². The Balaban J connectivity index is 1.89. The number of nitrogens with zero attached hydrogens (tertiary/aromatic N) is 1. The lowest BCUT2D eigenvalue weighted by molar-refractivity contribution is -0.0163. The van der Waals surface area contributed by atoms with E-state index in [4.69, 9.17) is 25.2 Å². The molecule has 3 rings (SSSR count). The van der Waals surface area contributed by atoms with Gasteiger partial charge >= 0.3 is 0 Å². The van der Waals surface area contributed by atoms with Gasteiger partial charge in [0.15, 0.2) is 6.79 Å². The highest BCUT2D eigenvalue weighted by molar-refractivity contribution is 6.39. The molecular weight excluding hydrogens is 264 g/mol. The van der Waals surface area contributed by atoms with E-state index in [2.05, 4.69) is 4.99 Å². The summed E-state index contributed by atoms with van der Waals surface area (Å²) in [7, 11) is 11.4. The van der Waals surface area contributed by atoms with Crippen molar-refractivity contribution in [3.8, 4) is 11.5 Å². The van der Waals surface area contributed by atoms with Gasteiger partial charge < -0.3 is 14.6 Å². The van der Waals surface area contributed by atoms with E-state index in [9.17, 15) is 5.11 Å². The molecule has 0 spiro atoms. The monoisotopic (exact) mass is 275 g/mol. The predicted molar refractivity (Wildman–Crippen MR) is 82.9 cm³/mol. The number of hydrogen-bond donors (Lipinski definition) is 1. The van der Waals surface area contributed by atoms with Crippen LogP contribution >= 0.6 is 0 Å². The van der Waals surface area contributed by atoms with Crippen molar-refractivity contribution in [1.29, 1.82) is 0 Å². The molecule has 1 aliphatic rings. The molecule has 2 aromatic carbocycles. The first-order chi connectivity index (χ1) is 10.1. The number of fused-ring (bicyclic) bond motifs is 1. The fraction of sp³-hybridized carbons (Fsp3) is 0.133. The molecule has 1 heterocycles. The van der Waals surface area contributed by atoms with Crippen LogP contribution in [-0.4, -0.2) is 33.8 Å². The summed E-state index contributed by atoms with van der Waals surface area (Å²) in [6.45, 7) is 0.765. The minimum absolute atomic E-state index is 0.0300. The van der Waals surface area contributed by atoms with Crippen molar-refractivity contribution < 1.29 is 14.6 Å². The standard InChI is InChI=1S/C15H11B2NO3/c16-11-3-9(15(19)13(17)5-11)6-18-12-1-2-14-10(4-12)7-20-8-21-14/h1-6,19H,7-8H2. The van der Waals surface area contributed by atoms with Crippen LogP contribution in [-0.2, 0) is 11.3 Å². The summed E-state index contributed by atoms with van der Waals surface area (Å²) in [6.07, 6.45) is 1.52. The highest BCUT2D eigenvalue weighted by Crippen LogP contribution is 2.27. The quantitative estimate of drug-likeness (QED) is 0.645. The summed E-state index contributed by atoms with van der Waals surface area (Å²) >= 11 is 0. The summed E-state index contributed by atoms with van der Waals surface area (Å²) in [5.74, 6) is 0.772. The molecule has 0 bridgehead atoms. The minimum Gasteiger partial charge on any atom is -0.508 e. The highest BCUT2D eigenvalue weighted by atomic mass is 16.7. The third kappa shape index (κ3) is 2.95. The Kier molecular flexibility index (Phi) is 3.71. The molecule has 1 aliphatic heterocycles. The third-order valence-corrected chi connectivity index (χ3v) is 3.14. The third-order valence-electron chi connectivity index (χ3n) is 3.14. The fourth-order valence-electron chi connectivity index (χ4n) is 2.10. The van der Waals surface area contributed by atoms with Crippen LogP contribution in [0.15, 0.2) is 35.3 Å². The maximum atomic E-state index is 9.88. The van der Waals surface area contributed by atoms with E-state index in [0.717, 1.165) is 17.0 Å². The number of rotatable bonds is 2. The number of phenols is 1. The number of hydrogen-bond acceptors (Lipinski definition) is 4. The molecule has 2 aromatic rings. The van der Waals surface area contributed by atoms with Crippen molar-refractivity contribution in [2.75, 3.05) is 6.79 Å². The van der Waals surface area contributed by atoms with Crippen molar-refractivity contribution in [3.05, 3.63) is 41.5 Å². The summed E-state index contributed by atoms with van der Waals surface area (Å²) in [5.41, 5.74) is 2.83. The van der Waals surface area contributed by atoms with Gasteiger partial charge in [-0.25, -0.2) is 0 Å². The zero-order chi connectivity index (χ0) is 14.8. The van der Waals surface area contributed by atoms with Gasteiger partial charge in [0.1, 0.15) is 27.2 Å². The fourth-order valence-corrected chi connectivity index (χ4v) is 2.10. The SMILES string of the molecule is [B]c1cc([B])c(O)c(C=Nc2ccc3c(c2)COCO3)c1. The van der Waals surface area contributed by atoms with Gasteiger partial charge in [0, 0.05) is 17.3 Å². The average molecular weight is 275 g/mol. The largest absolute Gasteiger partial charge is 0.508 e. The molecular formula is C15H11B2NO3. The summed E-state index contributed by atoms with van der Waals surface area (Å²) in [6, 6.07) is 8.66. The van der Waals surface area contributed by atoms with Gasteiger partial charge in [-0.05, 0) is 18.2 Å². The summed E-state index contributed by atoms with van der Waals surface area (Å²) in [4.78, 5) is 4.32. The van der Waals surface area contributed by atoms with Gasteiger partial charge in [-0.2, -0.15) is 0 Å². The Hall–Kier alpha value is -2.20. The molecule has 0 saturated carbocycles. The second-order valence-electron chi connectivity index (χ2n) is 4.71. The molecule has 0 atom stereocenters. The first kappa shape index (κ1) is 13.8. The van der Waals surface area contributed by atoms with E-state index < -0.39 is 0 Å². The van der Waals surface area contributed by atoms with Crippen LogP contribution in [0.2, 0.25) is 0 Å². The number of aliphatic imine (C=N–C) groups is 1. The number of ether oxygens (including phenoxy) is 2. The van der Waals surface area contributed by atoms with Crippen molar-refractivity contribution in [2.24, 2.45) is 4.99 Å². The van der Waals surface area contributed by atoms with Crippen LogP contribution in [0.25, 0.3) is 0 Å². The predicted octanol–water partition coefficient (Wildman–Crippen LogP) is 0.597. The molecule has 100 valence electrons. The molecule has 0 aromatic heterocycles. The number of phenolic OH excluding ortho intramolecular Hbond substituents is 1. The molecule has 0 aliphatic carbocycles. The lowest BCUT2D eigenvalue weighted by Crippen LogP contribution is -2.15. The molecule has 21 heavy (non-hydrogen) atoms. The van der Waals surface area contributed by atoms with Crippen molar-refractivity contribution in [3.63, 3.8) is 0 Å². The van der Waals surface area contributed by atoms with Gasteiger partial charge in [-0.3, -0.25) is 4.99 Å². The van der Waals surface area contributed by atoms with Gasteiger partial charge in [0.2, 0.25) is 0 Å². The summed E-state index contributed by atoms with van der Waals surface area (Å²) in [5, 5.41) is 9.88. The topological polar surface area (TPSA) is 51.1 Å². The van der Waals surface area contributed by atoms with Crippen LogP contribution in [0, 0.1) is 0 Å². The maximum Gasteiger partial charge on any atom is 0.189 e. The number of aromatic hydroxyl groups is 1. The number of benzene rings is 2. The van der Waals surface area contributed by atoms with E-state index in [0.29, 0.717) is 17.6 Å². The van der Waals surface area contributed by atoms with Crippen molar-refractivity contribution in [1.82, 2.24) is 0 Å². The van der Waals surface area contributed by atoms with Crippen LogP contribution in [0.4, 0.5) is 5.69 Å². The van der Waals surface area contributed by atoms with Gasteiger partial charge in [-0.1, -0.05) is 23.1 Å². The Morgan fingerprint density at radius 2 is 2.05 bits per heavy atom. The van der Waals surface area contributed by atoms with E-state index in [-0.39, 0.29) is 18.0 Å². The highest BCUT2D eigenvalue weighted by Gasteiger charge is 2.10. The Bertz CT molecular complexity index is 716. The second-order valence-corrected chi connectivity index (χ2v) is 4.71. The lowest BCUT2D eigenvalue weighted by atomic mass is 9.85. The normalized spacial score (nSPS) is 13.9. The molecule has 0 amide bonds.